The molecule has 0 nitrogen and oxygen atoms in total. The fraction of sp³-hybridized carbons (Fsp3) is 0.667. The molecule has 0 heterocycles. The largest absolute Gasteiger partial charge is 0.0878 e. The second-order valence-electron chi connectivity index (χ2n) is 1.77. The van der Waals surface area contributed by atoms with Gasteiger partial charge in [-0.2, -0.15) is 0 Å². The molecule has 0 bridgehead atoms. The Labute approximate surface area is 82.2 Å². The predicted octanol–water partition coefficient (Wildman–Crippen LogP) is 3.34. The highest BCUT2D eigenvalue weighted by atomic mass is 79.9. The number of hydrogen-bond donors (Lipinski definition) is 0. The Balaban J connectivity index is 3.58. The average molecular weight is 321 g/mol. The first-order chi connectivity index (χ1) is 4.09. The summed E-state index contributed by atoms with van der Waals surface area (Å²) in [6.07, 6.45) is 0.869. The summed E-state index contributed by atoms with van der Waals surface area (Å²) >= 11 is 10.3. The van der Waals surface area contributed by atoms with Gasteiger partial charge in [-0.05, 0) is 13.3 Å². The van der Waals surface area contributed by atoms with Crippen LogP contribution in [0.4, 0.5) is 0 Å². The minimum atomic E-state index is 0.239. The van der Waals surface area contributed by atoms with Crippen LogP contribution >= 0.6 is 47.8 Å². The predicted molar refractivity (Wildman–Crippen MR) is 53.5 cm³/mol. The lowest BCUT2D eigenvalue weighted by atomic mass is 10.2. The summed E-state index contributed by atoms with van der Waals surface area (Å²) in [6.45, 7) is 7.58. The maximum absolute atomic E-state index is 3.82. The highest BCUT2D eigenvalue weighted by Crippen LogP contribution is 2.24. The smallest absolute Gasteiger partial charge is 0.0396 e. The van der Waals surface area contributed by atoms with Gasteiger partial charge in [-0.1, -0.05) is 54.7 Å². The van der Waals surface area contributed by atoms with Crippen molar-refractivity contribution in [2.24, 2.45) is 0 Å². The van der Waals surface area contributed by atoms with Crippen LogP contribution in [0.15, 0.2) is 0 Å². The lowest BCUT2D eigenvalue weighted by Crippen LogP contribution is -2.21. The highest BCUT2D eigenvalue weighted by Gasteiger charge is 2.17. The van der Waals surface area contributed by atoms with E-state index in [1.807, 2.05) is 0 Å². The van der Waals surface area contributed by atoms with E-state index in [2.05, 4.69) is 61.6 Å². The Kier molecular flexibility index (Phi) is 5.96. The van der Waals surface area contributed by atoms with Crippen LogP contribution in [-0.2, 0) is 0 Å². The van der Waals surface area contributed by atoms with Crippen molar-refractivity contribution in [3.8, 4) is 0 Å². The standard InChI is InChI=1S/C6H9Br3/c1-3-5(8)6(9)4(2)7/h4-6H,1-3H2. The van der Waals surface area contributed by atoms with Gasteiger partial charge in [-0.25, -0.2) is 0 Å². The fourth-order valence-electron chi connectivity index (χ4n) is 0.386. The Morgan fingerprint density at radius 2 is 1.67 bits per heavy atom. The summed E-state index contributed by atoms with van der Waals surface area (Å²) in [5, 5.41) is 0. The SMILES string of the molecule is [CH2]CC(Br)C(Br)C([CH2])Br. The molecule has 3 unspecified atom stereocenters. The summed E-state index contributed by atoms with van der Waals surface area (Å²) < 4.78 is 0. The molecule has 0 fully saturated rings. The minimum Gasteiger partial charge on any atom is -0.0878 e. The molecule has 0 spiro atoms. The topological polar surface area (TPSA) is 0 Å². The van der Waals surface area contributed by atoms with E-state index in [-0.39, 0.29) is 4.83 Å². The zero-order chi connectivity index (χ0) is 7.44. The molecule has 0 aliphatic carbocycles. The molecule has 2 radical (unpaired) electrons. The molecule has 3 atom stereocenters. The van der Waals surface area contributed by atoms with Crippen molar-refractivity contribution in [1.29, 1.82) is 0 Å². The molecule has 3 heteroatoms. The molecule has 0 rings (SSSR count). The van der Waals surface area contributed by atoms with Crippen LogP contribution in [0.2, 0.25) is 0 Å². The van der Waals surface area contributed by atoms with Crippen LogP contribution in [0, 0.1) is 13.8 Å². The zero-order valence-electron chi connectivity index (χ0n) is 4.99. The van der Waals surface area contributed by atoms with E-state index < -0.39 is 0 Å². The van der Waals surface area contributed by atoms with Crippen LogP contribution < -0.4 is 0 Å². The van der Waals surface area contributed by atoms with Crippen LogP contribution in [0.3, 0.4) is 0 Å². The number of rotatable bonds is 3. The van der Waals surface area contributed by atoms with Crippen molar-refractivity contribution in [2.75, 3.05) is 0 Å². The molecular formula is C6H9Br3. The van der Waals surface area contributed by atoms with Gasteiger partial charge in [-0.15, -0.1) is 0 Å². The van der Waals surface area contributed by atoms with Gasteiger partial charge in [-0.3, -0.25) is 0 Å². The van der Waals surface area contributed by atoms with Gasteiger partial charge in [0.15, 0.2) is 0 Å². The molecule has 9 heavy (non-hydrogen) atoms. The summed E-state index contributed by atoms with van der Waals surface area (Å²) in [5.41, 5.74) is 0. The van der Waals surface area contributed by atoms with Gasteiger partial charge in [0.1, 0.15) is 0 Å². The number of halogens is 3. The van der Waals surface area contributed by atoms with Crippen LogP contribution in [0.5, 0.6) is 0 Å². The van der Waals surface area contributed by atoms with Crippen molar-refractivity contribution < 1.29 is 0 Å². The first-order valence-corrected chi connectivity index (χ1v) is 5.38. The average Bonchev–Trinajstić information content (AvgIpc) is 1.84. The number of alkyl halides is 3. The normalized spacial score (nSPS) is 21.0. The van der Waals surface area contributed by atoms with E-state index in [1.54, 1.807) is 0 Å². The highest BCUT2D eigenvalue weighted by molar-refractivity contribution is 9.13. The summed E-state index contributed by atoms with van der Waals surface area (Å²) in [5.74, 6) is 0. The van der Waals surface area contributed by atoms with Gasteiger partial charge in [0.25, 0.3) is 0 Å². The first kappa shape index (κ1) is 10.4. The molecular weight excluding hydrogens is 312 g/mol. The third-order valence-electron chi connectivity index (χ3n) is 0.967. The zero-order valence-corrected chi connectivity index (χ0v) is 9.75. The van der Waals surface area contributed by atoms with Gasteiger partial charge in [0, 0.05) is 14.5 Å². The maximum atomic E-state index is 3.82. The molecule has 0 saturated carbocycles. The summed E-state index contributed by atoms with van der Waals surface area (Å²) in [7, 11) is 0. The van der Waals surface area contributed by atoms with Crippen LogP contribution in [0.25, 0.3) is 0 Å². The molecule has 0 N–H and O–H groups in total. The number of hydrogen-bond acceptors (Lipinski definition) is 0. The van der Waals surface area contributed by atoms with Gasteiger partial charge in [0.05, 0.1) is 0 Å². The Hall–Kier alpha value is 1.44. The van der Waals surface area contributed by atoms with Gasteiger partial charge >= 0.3 is 0 Å². The lowest BCUT2D eigenvalue weighted by molar-refractivity contribution is 0.839. The van der Waals surface area contributed by atoms with E-state index in [9.17, 15) is 0 Å². The van der Waals surface area contributed by atoms with Crippen molar-refractivity contribution in [1.82, 2.24) is 0 Å². The summed E-state index contributed by atoms with van der Waals surface area (Å²) in [4.78, 5) is 0.998. The Bertz CT molecular complexity index is 72.7. The van der Waals surface area contributed by atoms with Crippen molar-refractivity contribution in [2.45, 2.75) is 20.9 Å². The molecule has 54 valence electrons. The second kappa shape index (κ2) is 5.14. The van der Waals surface area contributed by atoms with Crippen molar-refractivity contribution in [3.63, 3.8) is 0 Å². The first-order valence-electron chi connectivity index (χ1n) is 2.64. The van der Waals surface area contributed by atoms with E-state index in [0.717, 1.165) is 6.42 Å². The van der Waals surface area contributed by atoms with E-state index in [4.69, 9.17) is 0 Å². The Morgan fingerprint density at radius 3 is 1.78 bits per heavy atom. The van der Waals surface area contributed by atoms with Crippen molar-refractivity contribution >= 4 is 47.8 Å². The van der Waals surface area contributed by atoms with E-state index >= 15 is 0 Å². The molecule has 0 aromatic rings. The van der Waals surface area contributed by atoms with Crippen LogP contribution in [0.1, 0.15) is 6.42 Å². The van der Waals surface area contributed by atoms with Crippen molar-refractivity contribution in [3.05, 3.63) is 13.8 Å². The molecule has 0 saturated heterocycles. The van der Waals surface area contributed by atoms with E-state index in [0.29, 0.717) is 9.65 Å². The quantitative estimate of drug-likeness (QED) is 0.700. The second-order valence-corrected chi connectivity index (χ2v) is 5.17. The molecule has 0 aliphatic rings. The van der Waals surface area contributed by atoms with Gasteiger partial charge < -0.3 is 0 Å². The summed E-state index contributed by atoms with van der Waals surface area (Å²) in [6, 6.07) is 0. The monoisotopic (exact) mass is 318 g/mol. The lowest BCUT2D eigenvalue weighted by Gasteiger charge is -2.16. The third kappa shape index (κ3) is 3.99. The maximum Gasteiger partial charge on any atom is 0.0396 e. The molecule has 0 amide bonds. The van der Waals surface area contributed by atoms with Gasteiger partial charge in [0.2, 0.25) is 0 Å². The Morgan fingerprint density at radius 1 is 1.22 bits per heavy atom. The van der Waals surface area contributed by atoms with E-state index in [1.165, 1.54) is 0 Å². The molecule has 0 aromatic heterocycles. The molecule has 0 aromatic carbocycles. The fourth-order valence-corrected chi connectivity index (χ4v) is 1.80. The minimum absolute atomic E-state index is 0.239. The van der Waals surface area contributed by atoms with Crippen LogP contribution in [-0.4, -0.2) is 14.5 Å². The third-order valence-corrected chi connectivity index (χ3v) is 5.26. The molecule has 0 aliphatic heterocycles.